The smallest absolute Gasteiger partial charge is 0.151 e. The summed E-state index contributed by atoms with van der Waals surface area (Å²) in [5.74, 6) is 0. The van der Waals surface area contributed by atoms with Crippen molar-refractivity contribution in [2.75, 3.05) is 13.1 Å². The molecular formula is C20H40N4SSi2. The van der Waals surface area contributed by atoms with Gasteiger partial charge in [0, 0.05) is 29.4 Å². The van der Waals surface area contributed by atoms with Crippen LogP contribution in [0.2, 0.25) is 39.3 Å². The summed E-state index contributed by atoms with van der Waals surface area (Å²) in [6.07, 6.45) is 1.89. The van der Waals surface area contributed by atoms with Gasteiger partial charge >= 0.3 is 0 Å². The van der Waals surface area contributed by atoms with Gasteiger partial charge in [0.2, 0.25) is 0 Å². The molecule has 0 amide bonds. The van der Waals surface area contributed by atoms with Gasteiger partial charge in [0.1, 0.15) is 15.5 Å². The summed E-state index contributed by atoms with van der Waals surface area (Å²) < 4.78 is 0. The van der Waals surface area contributed by atoms with Crippen LogP contribution in [-0.2, 0) is 5.41 Å². The minimum Gasteiger partial charge on any atom is -0.361 e. The molecule has 1 unspecified atom stereocenters. The molecule has 0 fully saturated rings. The summed E-state index contributed by atoms with van der Waals surface area (Å²) in [6, 6.07) is 6.18. The lowest BCUT2D eigenvalue weighted by Gasteiger charge is -2.32. The Bertz CT molecular complexity index is 598. The van der Waals surface area contributed by atoms with Gasteiger partial charge in [-0.25, -0.2) is 0 Å². The van der Waals surface area contributed by atoms with Crippen LogP contribution in [-0.4, -0.2) is 44.2 Å². The number of amidine groups is 1. The van der Waals surface area contributed by atoms with Gasteiger partial charge in [-0.3, -0.25) is 9.98 Å². The van der Waals surface area contributed by atoms with Gasteiger partial charge in [-0.2, -0.15) is 0 Å². The van der Waals surface area contributed by atoms with E-state index in [1.165, 1.54) is 0 Å². The fourth-order valence-corrected chi connectivity index (χ4v) is 6.44. The van der Waals surface area contributed by atoms with E-state index >= 15 is 0 Å². The molecule has 0 aliphatic heterocycles. The van der Waals surface area contributed by atoms with E-state index in [2.05, 4.69) is 94.4 Å². The molecule has 0 spiro atoms. The summed E-state index contributed by atoms with van der Waals surface area (Å²) in [4.78, 5) is 13.5. The molecule has 1 aromatic heterocycles. The number of rotatable bonds is 7. The normalized spacial score (nSPS) is 16.1. The molecule has 0 bridgehead atoms. The lowest BCUT2D eigenvalue weighted by Crippen LogP contribution is -2.50. The van der Waals surface area contributed by atoms with Gasteiger partial charge in [0.15, 0.2) is 5.17 Å². The van der Waals surface area contributed by atoms with Gasteiger partial charge < -0.3 is 10.3 Å². The third kappa shape index (κ3) is 10.5. The largest absolute Gasteiger partial charge is 0.361 e. The number of hydrogen-bond acceptors (Lipinski definition) is 4. The molecule has 7 heteroatoms. The van der Waals surface area contributed by atoms with Gasteiger partial charge in [0.25, 0.3) is 0 Å². The maximum absolute atomic E-state index is 5.08. The molecule has 2 N–H and O–H groups in total. The predicted molar refractivity (Wildman–Crippen MR) is 129 cm³/mol. The summed E-state index contributed by atoms with van der Waals surface area (Å²) in [7, 11) is -2.72. The SMILES string of the molecule is CC(C)(C)NC(=NCC(C)(CN[Si](C)(C)C)c1ccccn1)S[Si](C)(C)C. The van der Waals surface area contributed by atoms with E-state index in [0.29, 0.717) is 0 Å². The van der Waals surface area contributed by atoms with Crippen LogP contribution in [0.15, 0.2) is 29.4 Å². The van der Waals surface area contributed by atoms with Gasteiger partial charge in [-0.05, 0) is 32.9 Å². The van der Waals surface area contributed by atoms with Gasteiger partial charge in [-0.1, -0.05) is 52.3 Å². The molecule has 27 heavy (non-hydrogen) atoms. The Kier molecular flexibility index (Phi) is 8.35. The first-order chi connectivity index (χ1) is 12.1. The average Bonchev–Trinajstić information content (AvgIpc) is 2.48. The van der Waals surface area contributed by atoms with Crippen molar-refractivity contribution in [3.8, 4) is 0 Å². The van der Waals surface area contributed by atoms with Crippen molar-refractivity contribution >= 4 is 31.8 Å². The Morgan fingerprint density at radius 2 is 1.70 bits per heavy atom. The molecule has 0 radical (unpaired) electrons. The zero-order valence-electron chi connectivity index (χ0n) is 19.0. The standard InChI is InChI=1S/C20H40N4SSi2/c1-19(2,3)24-18(25-27(8,9)10)22-15-20(4,16-23-26(5,6)7)17-13-11-12-14-21-17/h11-14,23H,15-16H2,1-10H3,(H,22,24). The highest BCUT2D eigenvalue weighted by Gasteiger charge is 2.31. The van der Waals surface area contributed by atoms with E-state index in [1.54, 1.807) is 0 Å². The monoisotopic (exact) mass is 424 g/mol. The minimum atomic E-state index is -1.37. The van der Waals surface area contributed by atoms with Crippen LogP contribution in [0.4, 0.5) is 0 Å². The maximum Gasteiger partial charge on any atom is 0.151 e. The van der Waals surface area contributed by atoms with Crippen molar-refractivity contribution in [1.82, 2.24) is 15.3 Å². The number of aliphatic imine (C=N–C) groups is 1. The van der Waals surface area contributed by atoms with Crippen LogP contribution in [0.25, 0.3) is 0 Å². The van der Waals surface area contributed by atoms with Gasteiger partial charge in [-0.15, -0.1) is 11.2 Å². The molecule has 0 aliphatic rings. The topological polar surface area (TPSA) is 49.3 Å². The summed E-state index contributed by atoms with van der Waals surface area (Å²) >= 11 is 1.93. The van der Waals surface area contributed by atoms with Crippen LogP contribution in [0.5, 0.6) is 0 Å². The van der Waals surface area contributed by atoms with Crippen LogP contribution >= 0.6 is 11.2 Å². The van der Waals surface area contributed by atoms with Crippen LogP contribution < -0.4 is 10.3 Å². The highest BCUT2D eigenvalue weighted by atomic mass is 32.4. The number of nitrogens with zero attached hydrogens (tertiary/aromatic N) is 2. The highest BCUT2D eigenvalue weighted by molar-refractivity contribution is 8.39. The fourth-order valence-electron chi connectivity index (χ4n) is 2.36. The first-order valence-electron chi connectivity index (χ1n) is 9.78. The lowest BCUT2D eigenvalue weighted by atomic mass is 9.86. The first-order valence-corrected chi connectivity index (χ1v) is 18.3. The number of hydrogen-bond donors (Lipinski definition) is 2. The van der Waals surface area contributed by atoms with Crippen molar-refractivity contribution < 1.29 is 0 Å². The molecule has 1 aromatic rings. The molecule has 0 aromatic carbocycles. The molecule has 1 atom stereocenters. The Labute approximate surface area is 173 Å². The maximum atomic E-state index is 5.08. The second-order valence-corrected chi connectivity index (χ2v) is 24.5. The summed E-state index contributed by atoms with van der Waals surface area (Å²) in [5.41, 5.74) is 0.975. The van der Waals surface area contributed by atoms with Crippen molar-refractivity contribution in [3.63, 3.8) is 0 Å². The third-order valence-electron chi connectivity index (χ3n) is 3.75. The summed E-state index contributed by atoms with van der Waals surface area (Å²) in [5, 5.41) is 4.69. The molecule has 4 nitrogen and oxygen atoms in total. The van der Waals surface area contributed by atoms with Crippen molar-refractivity contribution in [2.45, 2.75) is 77.9 Å². The Morgan fingerprint density at radius 3 is 2.15 bits per heavy atom. The molecular weight excluding hydrogens is 384 g/mol. The van der Waals surface area contributed by atoms with Gasteiger partial charge in [0.05, 0.1) is 6.54 Å². The lowest BCUT2D eigenvalue weighted by molar-refractivity contribution is 0.460. The zero-order valence-corrected chi connectivity index (χ0v) is 21.8. The molecule has 1 heterocycles. The molecule has 0 saturated heterocycles. The highest BCUT2D eigenvalue weighted by Crippen LogP contribution is 2.25. The Balaban J connectivity index is 3.14. The first kappa shape index (κ1) is 24.4. The van der Waals surface area contributed by atoms with E-state index in [9.17, 15) is 0 Å². The minimum absolute atomic E-state index is 0.00343. The van der Waals surface area contributed by atoms with E-state index in [0.717, 1.165) is 24.0 Å². The Hall–Kier alpha value is -0.636. The second-order valence-electron chi connectivity index (χ2n) is 10.6. The van der Waals surface area contributed by atoms with Crippen molar-refractivity contribution in [2.24, 2.45) is 4.99 Å². The number of pyridine rings is 1. The third-order valence-corrected chi connectivity index (χ3v) is 8.44. The van der Waals surface area contributed by atoms with Crippen LogP contribution in [0.1, 0.15) is 33.4 Å². The molecule has 1 rings (SSSR count). The predicted octanol–water partition coefficient (Wildman–Crippen LogP) is 5.08. The molecule has 154 valence electrons. The van der Waals surface area contributed by atoms with E-state index < -0.39 is 15.5 Å². The van der Waals surface area contributed by atoms with E-state index in [-0.39, 0.29) is 11.0 Å². The number of aromatic nitrogens is 1. The second kappa shape index (κ2) is 9.24. The van der Waals surface area contributed by atoms with E-state index in [4.69, 9.17) is 4.99 Å². The molecule has 0 aliphatic carbocycles. The van der Waals surface area contributed by atoms with Crippen molar-refractivity contribution in [3.05, 3.63) is 30.1 Å². The summed E-state index contributed by atoms with van der Waals surface area (Å²) in [6.45, 7) is 24.6. The molecule has 0 saturated carbocycles. The van der Waals surface area contributed by atoms with Crippen LogP contribution in [0, 0.1) is 0 Å². The van der Waals surface area contributed by atoms with E-state index in [1.807, 2.05) is 23.5 Å². The quantitative estimate of drug-likeness (QED) is 0.364. The zero-order chi connectivity index (χ0) is 20.9. The van der Waals surface area contributed by atoms with Crippen LogP contribution in [0.3, 0.4) is 0 Å². The fraction of sp³-hybridized carbons (Fsp3) is 0.700. The van der Waals surface area contributed by atoms with Crippen molar-refractivity contribution in [1.29, 1.82) is 0 Å². The Morgan fingerprint density at radius 1 is 1.07 bits per heavy atom. The average molecular weight is 425 g/mol. The number of nitrogens with one attached hydrogen (secondary N) is 2.